The molecule has 19 heavy (non-hydrogen) atoms. The van der Waals surface area contributed by atoms with E-state index in [1.165, 1.54) is 0 Å². The zero-order valence-electron chi connectivity index (χ0n) is 10.6. The molecule has 0 amide bonds. The van der Waals surface area contributed by atoms with Crippen LogP contribution in [0.25, 0.3) is 0 Å². The van der Waals surface area contributed by atoms with Crippen LogP contribution in [0.2, 0.25) is 5.02 Å². The van der Waals surface area contributed by atoms with Crippen LogP contribution in [0.3, 0.4) is 0 Å². The zero-order chi connectivity index (χ0) is 13.7. The lowest BCUT2D eigenvalue weighted by Gasteiger charge is -2.21. The molecule has 1 aromatic carbocycles. The first kappa shape index (κ1) is 14.1. The van der Waals surface area contributed by atoms with Crippen molar-refractivity contribution in [3.63, 3.8) is 0 Å². The van der Waals surface area contributed by atoms with Crippen LogP contribution in [0.1, 0.15) is 23.7 Å². The summed E-state index contributed by atoms with van der Waals surface area (Å²) in [6.07, 6.45) is 2.44. The fourth-order valence-corrected chi connectivity index (χ4v) is 2.40. The number of halogens is 1. The minimum absolute atomic E-state index is 0.103. The van der Waals surface area contributed by atoms with Gasteiger partial charge in [-0.25, -0.2) is 0 Å². The van der Waals surface area contributed by atoms with Gasteiger partial charge in [0.15, 0.2) is 0 Å². The Morgan fingerprint density at radius 3 is 2.74 bits per heavy atom. The third-order valence-electron chi connectivity index (χ3n) is 3.26. The summed E-state index contributed by atoms with van der Waals surface area (Å²) in [4.78, 5) is 0. The second-order valence-corrected chi connectivity index (χ2v) is 5.02. The van der Waals surface area contributed by atoms with Gasteiger partial charge in [-0.3, -0.25) is 0 Å². The molecule has 102 valence electrons. The van der Waals surface area contributed by atoms with Gasteiger partial charge in [-0.2, -0.15) is 0 Å². The van der Waals surface area contributed by atoms with Crippen LogP contribution in [0, 0.1) is 0 Å². The van der Waals surface area contributed by atoms with Gasteiger partial charge in [0.25, 0.3) is 0 Å². The van der Waals surface area contributed by atoms with Crippen molar-refractivity contribution in [2.45, 2.75) is 24.9 Å². The number of aryl methyl sites for hydroxylation is 1. The summed E-state index contributed by atoms with van der Waals surface area (Å²) in [6, 6.07) is 11.2. The molecular weight excluding hydrogens is 262 g/mol. The van der Waals surface area contributed by atoms with Crippen LogP contribution >= 0.6 is 11.6 Å². The molecule has 1 heterocycles. The van der Waals surface area contributed by atoms with Crippen molar-refractivity contribution >= 4 is 11.6 Å². The Bertz CT molecular complexity index is 499. The minimum Gasteiger partial charge on any atom is -0.469 e. The fourth-order valence-electron chi connectivity index (χ4n) is 2.20. The van der Waals surface area contributed by atoms with Crippen molar-refractivity contribution in [2.75, 3.05) is 6.54 Å². The van der Waals surface area contributed by atoms with Crippen LogP contribution < -0.4 is 5.73 Å². The van der Waals surface area contributed by atoms with E-state index in [9.17, 15) is 5.11 Å². The van der Waals surface area contributed by atoms with Crippen molar-refractivity contribution in [3.8, 4) is 0 Å². The van der Waals surface area contributed by atoms with Crippen LogP contribution in [0.5, 0.6) is 0 Å². The van der Waals surface area contributed by atoms with Crippen molar-refractivity contribution in [2.24, 2.45) is 5.73 Å². The molecule has 1 aromatic heterocycles. The second kappa shape index (κ2) is 6.75. The van der Waals surface area contributed by atoms with Crippen molar-refractivity contribution in [1.82, 2.24) is 0 Å². The Morgan fingerprint density at radius 2 is 2.11 bits per heavy atom. The van der Waals surface area contributed by atoms with Crippen molar-refractivity contribution in [1.29, 1.82) is 0 Å². The molecule has 4 heteroatoms. The Kier molecular flexibility index (Phi) is 5.02. The molecule has 0 aliphatic heterocycles. The first-order chi connectivity index (χ1) is 9.20. The maximum atomic E-state index is 10.3. The van der Waals surface area contributed by atoms with E-state index in [2.05, 4.69) is 0 Å². The number of furan rings is 1. The lowest BCUT2D eigenvalue weighted by Crippen LogP contribution is -2.26. The molecule has 2 aromatic rings. The molecule has 0 aliphatic carbocycles. The van der Waals surface area contributed by atoms with E-state index in [1.807, 2.05) is 36.4 Å². The van der Waals surface area contributed by atoms with Crippen LogP contribution in [-0.2, 0) is 6.42 Å². The number of nitrogens with two attached hydrogens (primary N) is 1. The SMILES string of the molecule is NCC(c1cccc(Cl)c1)C(O)CCc1ccco1. The predicted octanol–water partition coefficient (Wildman–Crippen LogP) is 2.97. The average molecular weight is 280 g/mol. The van der Waals surface area contributed by atoms with Gasteiger partial charge in [0.1, 0.15) is 5.76 Å². The molecule has 2 rings (SSSR count). The predicted molar refractivity (Wildman–Crippen MR) is 76.3 cm³/mol. The largest absolute Gasteiger partial charge is 0.469 e. The topological polar surface area (TPSA) is 59.4 Å². The number of hydrogen-bond acceptors (Lipinski definition) is 3. The number of benzene rings is 1. The highest BCUT2D eigenvalue weighted by atomic mass is 35.5. The van der Waals surface area contributed by atoms with Gasteiger partial charge in [0.2, 0.25) is 0 Å². The standard InChI is InChI=1S/C15H18ClNO2/c16-12-4-1-3-11(9-12)14(10-17)15(18)7-6-13-5-2-8-19-13/h1-5,8-9,14-15,18H,6-7,10,17H2. The summed E-state index contributed by atoms with van der Waals surface area (Å²) in [5, 5.41) is 10.9. The number of hydrogen-bond donors (Lipinski definition) is 2. The maximum absolute atomic E-state index is 10.3. The van der Waals surface area contributed by atoms with Gasteiger partial charge in [0, 0.05) is 23.9 Å². The van der Waals surface area contributed by atoms with E-state index in [0.29, 0.717) is 24.4 Å². The van der Waals surface area contributed by atoms with E-state index in [4.69, 9.17) is 21.8 Å². The zero-order valence-corrected chi connectivity index (χ0v) is 11.4. The van der Waals surface area contributed by atoms with E-state index >= 15 is 0 Å². The summed E-state index contributed by atoms with van der Waals surface area (Å²) >= 11 is 5.97. The lowest BCUT2D eigenvalue weighted by molar-refractivity contribution is 0.134. The first-order valence-electron chi connectivity index (χ1n) is 6.36. The Labute approximate surface area is 118 Å². The van der Waals surface area contributed by atoms with Gasteiger partial charge in [-0.15, -0.1) is 0 Å². The summed E-state index contributed by atoms with van der Waals surface area (Å²) in [5.74, 6) is 0.773. The number of aliphatic hydroxyl groups excluding tert-OH is 1. The molecule has 0 spiro atoms. The minimum atomic E-state index is -0.506. The molecule has 0 saturated heterocycles. The van der Waals surface area contributed by atoms with Gasteiger partial charge in [0.05, 0.1) is 12.4 Å². The lowest BCUT2D eigenvalue weighted by atomic mass is 9.90. The Hall–Kier alpha value is -1.29. The highest BCUT2D eigenvalue weighted by Gasteiger charge is 2.20. The Balaban J connectivity index is 2.00. The first-order valence-corrected chi connectivity index (χ1v) is 6.74. The van der Waals surface area contributed by atoms with E-state index in [-0.39, 0.29) is 5.92 Å². The second-order valence-electron chi connectivity index (χ2n) is 4.58. The van der Waals surface area contributed by atoms with Gasteiger partial charge >= 0.3 is 0 Å². The molecule has 0 bridgehead atoms. The van der Waals surface area contributed by atoms with Gasteiger partial charge < -0.3 is 15.3 Å². The third-order valence-corrected chi connectivity index (χ3v) is 3.50. The normalized spacial score (nSPS) is 14.3. The van der Waals surface area contributed by atoms with E-state index in [1.54, 1.807) is 6.26 Å². The number of aliphatic hydroxyl groups is 1. The molecule has 0 saturated carbocycles. The number of rotatable bonds is 6. The van der Waals surface area contributed by atoms with Crippen LogP contribution in [0.4, 0.5) is 0 Å². The Morgan fingerprint density at radius 1 is 1.26 bits per heavy atom. The summed E-state index contributed by atoms with van der Waals surface area (Å²) in [5.41, 5.74) is 6.75. The molecule has 0 fully saturated rings. The monoisotopic (exact) mass is 279 g/mol. The molecule has 0 radical (unpaired) electrons. The summed E-state index contributed by atoms with van der Waals surface area (Å²) in [6.45, 7) is 0.389. The van der Waals surface area contributed by atoms with Crippen LogP contribution in [-0.4, -0.2) is 17.8 Å². The molecular formula is C15H18ClNO2. The van der Waals surface area contributed by atoms with Crippen LogP contribution in [0.15, 0.2) is 47.1 Å². The van der Waals surface area contributed by atoms with E-state index < -0.39 is 6.10 Å². The van der Waals surface area contributed by atoms with E-state index in [0.717, 1.165) is 11.3 Å². The smallest absolute Gasteiger partial charge is 0.103 e. The molecule has 3 N–H and O–H groups in total. The van der Waals surface area contributed by atoms with Crippen molar-refractivity contribution < 1.29 is 9.52 Å². The molecule has 2 unspecified atom stereocenters. The molecule has 0 aliphatic rings. The van der Waals surface area contributed by atoms with Gasteiger partial charge in [-0.05, 0) is 36.2 Å². The highest BCUT2D eigenvalue weighted by Crippen LogP contribution is 2.24. The fraction of sp³-hybridized carbons (Fsp3) is 0.333. The van der Waals surface area contributed by atoms with Crippen molar-refractivity contribution in [3.05, 3.63) is 59.0 Å². The molecule has 2 atom stereocenters. The molecule has 3 nitrogen and oxygen atoms in total. The maximum Gasteiger partial charge on any atom is 0.103 e. The van der Waals surface area contributed by atoms with Gasteiger partial charge in [-0.1, -0.05) is 23.7 Å². The third kappa shape index (κ3) is 3.83. The summed E-state index contributed by atoms with van der Waals surface area (Å²) < 4.78 is 5.26. The summed E-state index contributed by atoms with van der Waals surface area (Å²) in [7, 11) is 0. The quantitative estimate of drug-likeness (QED) is 0.855. The highest BCUT2D eigenvalue weighted by molar-refractivity contribution is 6.30. The average Bonchev–Trinajstić information content (AvgIpc) is 2.90.